The van der Waals surface area contributed by atoms with E-state index in [1.165, 1.54) is 0 Å². The average Bonchev–Trinajstić information content (AvgIpc) is 2.30. The summed E-state index contributed by atoms with van der Waals surface area (Å²) in [5, 5.41) is 0.991. The number of fused-ring (bicyclic) bond motifs is 1. The van der Waals surface area contributed by atoms with E-state index >= 15 is 0 Å². The highest BCUT2D eigenvalue weighted by Crippen LogP contribution is 2.25. The second-order valence-corrected chi connectivity index (χ2v) is 5.47. The predicted molar refractivity (Wildman–Crippen MR) is 78.1 cm³/mol. The summed E-state index contributed by atoms with van der Waals surface area (Å²) < 4.78 is 6.91. The van der Waals surface area contributed by atoms with E-state index in [0.29, 0.717) is 12.3 Å². The Labute approximate surface area is 121 Å². The van der Waals surface area contributed by atoms with Gasteiger partial charge in [0.25, 0.3) is 0 Å². The Morgan fingerprint density at radius 3 is 2.94 bits per heavy atom. The van der Waals surface area contributed by atoms with Gasteiger partial charge in [0, 0.05) is 13.4 Å². The molecule has 2 aromatic rings. The summed E-state index contributed by atoms with van der Waals surface area (Å²) in [6.07, 6.45) is 0. The number of hydrogen-bond acceptors (Lipinski definition) is 3. The number of hydrogen-bond donors (Lipinski definition) is 0. The van der Waals surface area contributed by atoms with E-state index in [9.17, 15) is 4.79 Å². The molecule has 0 unspecified atom stereocenters. The topological polar surface area (TPSA) is 39.2 Å². The van der Waals surface area contributed by atoms with Crippen molar-refractivity contribution in [2.24, 2.45) is 0 Å². The van der Waals surface area contributed by atoms with Crippen LogP contribution in [0.15, 0.2) is 28.7 Å². The highest BCUT2D eigenvalue weighted by molar-refractivity contribution is 14.1. The van der Waals surface area contributed by atoms with Gasteiger partial charge in [0.2, 0.25) is 0 Å². The Balaban J connectivity index is 2.56. The molecule has 0 saturated heterocycles. The van der Waals surface area contributed by atoms with Crippen LogP contribution in [0.25, 0.3) is 10.9 Å². The van der Waals surface area contributed by atoms with E-state index in [1.54, 1.807) is 13.0 Å². The average molecular weight is 406 g/mol. The largest absolute Gasteiger partial charge is 0.461 e. The third-order valence-electron chi connectivity index (χ3n) is 2.20. The molecule has 1 heterocycles. The van der Waals surface area contributed by atoms with Crippen molar-refractivity contribution in [1.82, 2.24) is 4.98 Å². The second kappa shape index (κ2) is 5.30. The zero-order chi connectivity index (χ0) is 12.4. The van der Waals surface area contributed by atoms with Crippen molar-refractivity contribution >= 4 is 55.4 Å². The van der Waals surface area contributed by atoms with E-state index in [2.05, 4.69) is 43.5 Å². The van der Waals surface area contributed by atoms with Gasteiger partial charge < -0.3 is 4.74 Å². The number of aromatic nitrogens is 1. The quantitative estimate of drug-likeness (QED) is 0.563. The fourth-order valence-corrected chi connectivity index (χ4v) is 2.49. The van der Waals surface area contributed by atoms with Gasteiger partial charge in [-0.3, -0.25) is 0 Å². The number of rotatable bonds is 2. The number of carbonyl (C=O) groups excluding carboxylic acids is 1. The van der Waals surface area contributed by atoms with Crippen LogP contribution in [0.1, 0.15) is 17.4 Å². The maximum atomic E-state index is 11.6. The standard InChI is InChI=1S/C12H9BrINO2/c1-2-17-12(16)11-6-9(13)8-5-7(14)3-4-10(8)15-11/h3-6H,2H2,1H3. The van der Waals surface area contributed by atoms with Crippen LogP contribution in [0.5, 0.6) is 0 Å². The van der Waals surface area contributed by atoms with Crippen LogP contribution in [0, 0.1) is 3.57 Å². The minimum atomic E-state index is -0.395. The molecule has 5 heteroatoms. The van der Waals surface area contributed by atoms with Crippen LogP contribution in [0.3, 0.4) is 0 Å². The summed E-state index contributed by atoms with van der Waals surface area (Å²) in [6, 6.07) is 7.56. The summed E-state index contributed by atoms with van der Waals surface area (Å²) in [5.41, 5.74) is 1.11. The van der Waals surface area contributed by atoms with Crippen LogP contribution in [-0.4, -0.2) is 17.6 Å². The molecule has 0 bridgehead atoms. The number of esters is 1. The van der Waals surface area contributed by atoms with Crippen LogP contribution in [0.4, 0.5) is 0 Å². The number of ether oxygens (including phenoxy) is 1. The van der Waals surface area contributed by atoms with Crippen molar-refractivity contribution < 1.29 is 9.53 Å². The summed E-state index contributed by atoms with van der Waals surface area (Å²) >= 11 is 5.69. The molecule has 0 amide bonds. The SMILES string of the molecule is CCOC(=O)c1cc(Br)c2cc(I)ccc2n1. The molecule has 0 spiro atoms. The fraction of sp³-hybridized carbons (Fsp3) is 0.167. The lowest BCUT2D eigenvalue weighted by Gasteiger charge is -2.05. The number of benzene rings is 1. The maximum absolute atomic E-state index is 11.6. The van der Waals surface area contributed by atoms with Crippen LogP contribution >= 0.6 is 38.5 Å². The lowest BCUT2D eigenvalue weighted by molar-refractivity contribution is 0.0520. The molecule has 0 aliphatic heterocycles. The normalized spacial score (nSPS) is 10.5. The van der Waals surface area contributed by atoms with E-state index in [4.69, 9.17) is 4.74 Å². The maximum Gasteiger partial charge on any atom is 0.356 e. The van der Waals surface area contributed by atoms with Gasteiger partial charge in [0.15, 0.2) is 0 Å². The number of pyridine rings is 1. The predicted octanol–water partition coefficient (Wildman–Crippen LogP) is 3.78. The molecule has 0 aliphatic carbocycles. The first-order valence-corrected chi connectivity index (χ1v) is 6.92. The molecule has 0 aliphatic rings. The molecule has 88 valence electrons. The molecular weight excluding hydrogens is 397 g/mol. The first kappa shape index (κ1) is 12.8. The zero-order valence-corrected chi connectivity index (χ0v) is 12.8. The van der Waals surface area contributed by atoms with Gasteiger partial charge in [-0.1, -0.05) is 15.9 Å². The van der Waals surface area contributed by atoms with Gasteiger partial charge in [0.05, 0.1) is 12.1 Å². The van der Waals surface area contributed by atoms with Crippen molar-refractivity contribution in [1.29, 1.82) is 0 Å². The van der Waals surface area contributed by atoms with Crippen molar-refractivity contribution in [3.63, 3.8) is 0 Å². The van der Waals surface area contributed by atoms with Crippen molar-refractivity contribution in [2.45, 2.75) is 6.92 Å². The smallest absolute Gasteiger partial charge is 0.356 e. The highest BCUT2D eigenvalue weighted by atomic mass is 127. The molecule has 0 N–H and O–H groups in total. The Morgan fingerprint density at radius 2 is 2.24 bits per heavy atom. The van der Waals surface area contributed by atoms with Gasteiger partial charge in [-0.15, -0.1) is 0 Å². The second-order valence-electron chi connectivity index (χ2n) is 3.37. The van der Waals surface area contributed by atoms with E-state index < -0.39 is 5.97 Å². The Kier molecular flexibility index (Phi) is 3.98. The summed E-state index contributed by atoms with van der Waals surface area (Å²) in [7, 11) is 0. The molecule has 17 heavy (non-hydrogen) atoms. The highest BCUT2D eigenvalue weighted by Gasteiger charge is 2.11. The van der Waals surface area contributed by atoms with Crippen molar-refractivity contribution in [3.8, 4) is 0 Å². The minimum absolute atomic E-state index is 0.326. The first-order chi connectivity index (χ1) is 8.11. The molecular formula is C12H9BrINO2. The number of halogens is 2. The van der Waals surface area contributed by atoms with Crippen molar-refractivity contribution in [3.05, 3.63) is 38.0 Å². The first-order valence-electron chi connectivity index (χ1n) is 5.04. The van der Waals surface area contributed by atoms with E-state index in [-0.39, 0.29) is 0 Å². The Morgan fingerprint density at radius 1 is 1.47 bits per heavy atom. The molecule has 2 rings (SSSR count). The molecule has 3 nitrogen and oxygen atoms in total. The molecule has 1 aromatic heterocycles. The third kappa shape index (κ3) is 2.77. The van der Waals surface area contributed by atoms with Gasteiger partial charge in [-0.05, 0) is 53.8 Å². The van der Waals surface area contributed by atoms with Crippen LogP contribution in [0.2, 0.25) is 0 Å². The van der Waals surface area contributed by atoms with Crippen LogP contribution < -0.4 is 0 Å². The van der Waals surface area contributed by atoms with E-state index in [1.807, 2.05) is 18.2 Å². The van der Waals surface area contributed by atoms with Gasteiger partial charge in [-0.25, -0.2) is 9.78 Å². The molecule has 0 radical (unpaired) electrons. The minimum Gasteiger partial charge on any atom is -0.461 e. The Hall–Kier alpha value is -0.690. The van der Waals surface area contributed by atoms with Crippen molar-refractivity contribution in [2.75, 3.05) is 6.61 Å². The number of nitrogens with zero attached hydrogens (tertiary/aromatic N) is 1. The monoisotopic (exact) mass is 405 g/mol. The van der Waals surface area contributed by atoms with Crippen LogP contribution in [-0.2, 0) is 4.74 Å². The molecule has 1 aromatic carbocycles. The lowest BCUT2D eigenvalue weighted by atomic mass is 10.2. The molecule has 0 fully saturated rings. The lowest BCUT2D eigenvalue weighted by Crippen LogP contribution is -2.07. The van der Waals surface area contributed by atoms with E-state index in [0.717, 1.165) is 18.9 Å². The van der Waals surface area contributed by atoms with Gasteiger partial charge in [-0.2, -0.15) is 0 Å². The third-order valence-corrected chi connectivity index (χ3v) is 3.53. The summed E-state index contributed by atoms with van der Waals surface area (Å²) in [5.74, 6) is -0.395. The fourth-order valence-electron chi connectivity index (χ4n) is 1.47. The molecule has 0 atom stereocenters. The zero-order valence-electron chi connectivity index (χ0n) is 9.04. The Bertz CT molecular complexity index is 586. The molecule has 0 saturated carbocycles. The summed E-state index contributed by atoms with van der Waals surface area (Å²) in [4.78, 5) is 15.9. The van der Waals surface area contributed by atoms with Gasteiger partial charge in [0.1, 0.15) is 5.69 Å². The summed E-state index contributed by atoms with van der Waals surface area (Å²) in [6.45, 7) is 2.12. The van der Waals surface area contributed by atoms with Gasteiger partial charge >= 0.3 is 5.97 Å². The number of carbonyl (C=O) groups is 1.